The minimum atomic E-state index is -1.09. The summed E-state index contributed by atoms with van der Waals surface area (Å²) in [4.78, 5) is 44.0. The number of carboxylic acids is 1. The highest BCUT2D eigenvalue weighted by atomic mass is 79.9. The molecule has 0 saturated heterocycles. The molecule has 3 N–H and O–H groups in total. The van der Waals surface area contributed by atoms with Crippen LogP contribution < -0.4 is 0 Å². The van der Waals surface area contributed by atoms with E-state index in [1.807, 2.05) is 82.3 Å². The van der Waals surface area contributed by atoms with Gasteiger partial charge in [-0.05, 0) is 70.8 Å². The number of ether oxygens (including phenoxy) is 1. The van der Waals surface area contributed by atoms with Crippen LogP contribution in [0.15, 0.2) is 137 Å². The lowest BCUT2D eigenvalue weighted by Crippen LogP contribution is -2.03. The van der Waals surface area contributed by atoms with E-state index in [0.717, 1.165) is 41.5 Å². The lowest BCUT2D eigenvalue weighted by Gasteiger charge is -2.02. The highest BCUT2D eigenvalue weighted by Crippen LogP contribution is 2.23. The molecule has 0 atom stereocenters. The van der Waals surface area contributed by atoms with Crippen LogP contribution in [0.1, 0.15) is 49.0 Å². The number of aromatic nitrogens is 6. The van der Waals surface area contributed by atoms with Crippen molar-refractivity contribution in [2.75, 3.05) is 13.7 Å². The Kier molecular flexibility index (Phi) is 14.9. The van der Waals surface area contributed by atoms with Gasteiger partial charge in [0, 0.05) is 54.6 Å². The van der Waals surface area contributed by atoms with Crippen molar-refractivity contribution in [2.24, 2.45) is 0 Å². The number of nitrogens with one attached hydrogen (secondary N) is 1. The van der Waals surface area contributed by atoms with Crippen molar-refractivity contribution in [2.45, 2.75) is 19.0 Å². The normalized spacial score (nSPS) is 10.7. The highest BCUT2D eigenvalue weighted by molar-refractivity contribution is 9.11. The second-order valence-electron chi connectivity index (χ2n) is 12.4. The number of fused-ring (bicyclic) bond motifs is 3. The number of aliphatic hydroxyl groups is 1. The Balaban J connectivity index is 0.000000140. The molecule has 0 aliphatic carbocycles. The number of halogens is 4. The summed E-state index contributed by atoms with van der Waals surface area (Å²) in [5, 5.41) is 24.1. The average Bonchev–Trinajstić information content (AvgIpc) is 4.12. The number of rotatable bonds is 9. The molecule has 60 heavy (non-hydrogen) atoms. The molecule has 308 valence electrons. The molecule has 6 heterocycles. The number of aromatic carboxylic acids is 1. The maximum atomic E-state index is 11.3. The van der Waals surface area contributed by atoms with E-state index in [2.05, 4.69) is 95.4 Å². The lowest BCUT2D eigenvalue weighted by molar-refractivity contribution is 0.0592. The molecular formula is C41H32Br3ClN6O9. The first-order valence-corrected chi connectivity index (χ1v) is 20.4. The maximum absolute atomic E-state index is 11.3. The van der Waals surface area contributed by atoms with E-state index in [1.54, 1.807) is 0 Å². The number of aliphatic hydroxyl groups excluding tert-OH is 1. The highest BCUT2D eigenvalue weighted by Gasteiger charge is 2.14. The zero-order chi connectivity index (χ0) is 42.8. The summed E-state index contributed by atoms with van der Waals surface area (Å²) in [6.07, 6.45) is 8.28. The molecule has 0 fully saturated rings. The minimum absolute atomic E-state index is 0.0763. The number of carbonyl (C=O) groups is 3. The Morgan fingerprint density at radius 1 is 0.750 bits per heavy atom. The van der Waals surface area contributed by atoms with E-state index in [1.165, 1.54) is 30.3 Å². The number of carbonyl (C=O) groups excluding carboxylic acids is 2. The van der Waals surface area contributed by atoms with E-state index in [-0.39, 0.29) is 23.0 Å². The Bertz CT molecular complexity index is 2890. The van der Waals surface area contributed by atoms with Crippen molar-refractivity contribution in [3.8, 4) is 0 Å². The number of benzene rings is 3. The number of methoxy groups -OCH3 is 1. The van der Waals surface area contributed by atoms with Crippen molar-refractivity contribution in [1.82, 2.24) is 29.2 Å². The molecule has 15 nitrogen and oxygen atoms in total. The fraction of sp³-hybridized carbons (Fsp3) is 0.122. The Labute approximate surface area is 370 Å². The van der Waals surface area contributed by atoms with Crippen LogP contribution in [0.4, 0.5) is 0 Å². The van der Waals surface area contributed by atoms with Crippen LogP contribution in [-0.2, 0) is 23.7 Å². The van der Waals surface area contributed by atoms with E-state index in [0.29, 0.717) is 30.6 Å². The van der Waals surface area contributed by atoms with Gasteiger partial charge < -0.3 is 42.4 Å². The van der Waals surface area contributed by atoms with Crippen molar-refractivity contribution in [3.05, 3.63) is 158 Å². The largest absolute Gasteiger partial charge is 0.476 e. The van der Waals surface area contributed by atoms with E-state index in [9.17, 15) is 14.4 Å². The number of carboxylic acid groups (broad SMARTS) is 1. The molecule has 0 amide bonds. The second-order valence-corrected chi connectivity index (χ2v) is 15.5. The monoisotopic (exact) mass is 1020 g/mol. The number of alkyl halides is 1. The molecule has 0 saturated carbocycles. The Hall–Kier alpha value is -5.79. The molecule has 9 aromatic rings. The fourth-order valence-corrected chi connectivity index (χ4v) is 6.74. The third-order valence-electron chi connectivity index (χ3n) is 8.44. The topological polar surface area (TPSA) is 205 Å². The van der Waals surface area contributed by atoms with Gasteiger partial charge >= 0.3 is 11.9 Å². The molecule has 0 unspecified atom stereocenters. The Morgan fingerprint density at radius 3 is 1.82 bits per heavy atom. The molecule has 0 aliphatic heterocycles. The first-order chi connectivity index (χ1) is 28.9. The smallest absolute Gasteiger partial charge is 0.360 e. The summed E-state index contributed by atoms with van der Waals surface area (Å²) >= 11 is 15.7. The molecule has 19 heteroatoms. The molecule has 0 bridgehead atoms. The van der Waals surface area contributed by atoms with Crippen LogP contribution in [-0.4, -0.2) is 70.9 Å². The van der Waals surface area contributed by atoms with Gasteiger partial charge in [0.1, 0.15) is 19.1 Å². The van der Waals surface area contributed by atoms with Gasteiger partial charge in [0.15, 0.2) is 22.8 Å². The summed E-state index contributed by atoms with van der Waals surface area (Å²) in [6, 6.07) is 25.7. The van der Waals surface area contributed by atoms with Gasteiger partial charge in [-0.2, -0.15) is 0 Å². The standard InChI is InChI=1S/C14H11BrN2O3.C13H9BrN2O3.C8H6BrN.C6H6ClNO3/c1-19-14(18)11-8-20-13(16-11)7-17-5-4-9-2-3-10(15)6-12(9)17;14-9-2-1-8-3-4-16(11(8)5-9)6-12-15-10(7-19-12)13(17)18;9-7-2-1-6-3-4-10-8(6)5-7;7-2-4-1-5(8-11-4)6(10)3-9/h2-6,8H,7H2,1H3;1-5,7H,6H2,(H,17,18);1-5,10H;1,9H,2-3H2. The number of ketones is 1. The quantitative estimate of drug-likeness (QED) is 0.0702. The molecule has 0 spiro atoms. The summed E-state index contributed by atoms with van der Waals surface area (Å²) in [6.45, 7) is 0.290. The van der Waals surface area contributed by atoms with Gasteiger partial charge in [-0.1, -0.05) is 71.1 Å². The van der Waals surface area contributed by atoms with Crippen LogP contribution in [0.2, 0.25) is 0 Å². The molecule has 9 rings (SSSR count). The van der Waals surface area contributed by atoms with Gasteiger partial charge in [-0.25, -0.2) is 19.6 Å². The summed E-state index contributed by atoms with van der Waals surface area (Å²) < 4.78 is 26.7. The number of Topliss-reactive ketones (excluding diaryl/α,β-unsaturated/α-hetero) is 1. The summed E-state index contributed by atoms with van der Waals surface area (Å²) in [5.74, 6) is -0.632. The van der Waals surface area contributed by atoms with Crippen molar-refractivity contribution < 1.29 is 42.7 Å². The van der Waals surface area contributed by atoms with Crippen LogP contribution >= 0.6 is 59.4 Å². The minimum Gasteiger partial charge on any atom is -0.476 e. The van der Waals surface area contributed by atoms with E-state index in [4.69, 9.17) is 30.6 Å². The van der Waals surface area contributed by atoms with Crippen LogP contribution in [0.5, 0.6) is 0 Å². The first kappa shape index (κ1) is 43.8. The van der Waals surface area contributed by atoms with E-state index < -0.39 is 24.3 Å². The third-order valence-corrected chi connectivity index (χ3v) is 10.2. The van der Waals surface area contributed by atoms with Crippen molar-refractivity contribution in [1.29, 1.82) is 0 Å². The van der Waals surface area contributed by atoms with Gasteiger partial charge in [-0.15, -0.1) is 11.6 Å². The fourth-order valence-electron chi connectivity index (χ4n) is 5.55. The number of esters is 1. The van der Waals surface area contributed by atoms with Crippen LogP contribution in [0.3, 0.4) is 0 Å². The van der Waals surface area contributed by atoms with Gasteiger partial charge in [0.05, 0.1) is 26.1 Å². The molecule has 0 radical (unpaired) electrons. The molecule has 3 aromatic carbocycles. The van der Waals surface area contributed by atoms with Crippen LogP contribution in [0, 0.1) is 0 Å². The average molecular weight is 1030 g/mol. The first-order valence-electron chi connectivity index (χ1n) is 17.5. The lowest BCUT2D eigenvalue weighted by atomic mass is 10.2. The number of hydrogen-bond donors (Lipinski definition) is 3. The van der Waals surface area contributed by atoms with Crippen LogP contribution in [0.25, 0.3) is 32.7 Å². The predicted molar refractivity (Wildman–Crippen MR) is 232 cm³/mol. The number of nitrogens with zero attached hydrogens (tertiary/aromatic N) is 5. The third kappa shape index (κ3) is 11.3. The molecular weight excluding hydrogens is 996 g/mol. The molecule has 0 aliphatic rings. The van der Waals surface area contributed by atoms with Crippen molar-refractivity contribution >= 4 is 110 Å². The summed E-state index contributed by atoms with van der Waals surface area (Å²) in [7, 11) is 1.31. The zero-order valence-corrected chi connectivity index (χ0v) is 36.7. The van der Waals surface area contributed by atoms with E-state index >= 15 is 0 Å². The predicted octanol–water partition coefficient (Wildman–Crippen LogP) is 9.88. The van der Waals surface area contributed by atoms with Gasteiger partial charge in [-0.3, -0.25) is 4.79 Å². The Morgan fingerprint density at radius 2 is 1.30 bits per heavy atom. The SMILES string of the molecule is Brc1ccc2cc[nH]c2c1.COC(=O)c1coc(Cn2ccc3ccc(Br)cc32)n1.O=C(CO)c1cc(CCl)on1.O=C(O)c1coc(Cn2ccc3ccc(Br)cc32)n1. The second kappa shape index (κ2) is 20.5. The maximum Gasteiger partial charge on any atom is 0.360 e. The number of H-pyrrole nitrogens is 1. The number of aromatic amines is 1. The number of hydrogen-bond acceptors (Lipinski definition) is 11. The van der Waals surface area contributed by atoms with Crippen molar-refractivity contribution in [3.63, 3.8) is 0 Å². The summed E-state index contributed by atoms with van der Waals surface area (Å²) in [5.41, 5.74) is 3.49. The van der Waals surface area contributed by atoms with Gasteiger partial charge in [0.25, 0.3) is 0 Å². The molecule has 6 aromatic heterocycles. The zero-order valence-electron chi connectivity index (χ0n) is 31.2. The van der Waals surface area contributed by atoms with Gasteiger partial charge in [0.2, 0.25) is 17.6 Å². The number of oxazole rings is 2.